The van der Waals surface area contributed by atoms with E-state index < -0.39 is 5.92 Å². The van der Waals surface area contributed by atoms with E-state index in [4.69, 9.17) is 20.3 Å². The molecule has 4 heterocycles. The van der Waals surface area contributed by atoms with Gasteiger partial charge in [-0.3, -0.25) is 9.55 Å². The Labute approximate surface area is 219 Å². The highest BCUT2D eigenvalue weighted by molar-refractivity contribution is 5.71. The summed E-state index contributed by atoms with van der Waals surface area (Å²) in [6.45, 7) is 0. The van der Waals surface area contributed by atoms with Crippen LogP contribution in [0.3, 0.4) is 0 Å². The van der Waals surface area contributed by atoms with Gasteiger partial charge in [0.1, 0.15) is 28.8 Å². The third-order valence-electron chi connectivity index (χ3n) is 6.60. The lowest BCUT2D eigenvalue weighted by atomic mass is 9.83. The lowest BCUT2D eigenvalue weighted by Gasteiger charge is -2.25. The molecule has 0 amide bonds. The van der Waals surface area contributed by atoms with Gasteiger partial charge in [0.05, 0.1) is 18.6 Å². The number of allylic oxidation sites excluding steroid dienone is 1. The fraction of sp³-hybridized carbons (Fsp3) is 0.103. The van der Waals surface area contributed by atoms with E-state index in [1.807, 2.05) is 77.5 Å². The van der Waals surface area contributed by atoms with E-state index in [-0.39, 0.29) is 5.88 Å². The minimum Gasteiger partial charge on any atom is -0.497 e. The monoisotopic (exact) mass is 501 g/mol. The lowest BCUT2D eigenvalue weighted by molar-refractivity contribution is 0.358. The number of nitrogens with zero attached hydrogens (tertiary/aromatic N) is 6. The Morgan fingerprint density at radius 1 is 1.00 bits per heavy atom. The van der Waals surface area contributed by atoms with Gasteiger partial charge in [-0.2, -0.15) is 10.4 Å². The molecule has 0 radical (unpaired) electrons. The summed E-state index contributed by atoms with van der Waals surface area (Å²) in [6.07, 6.45) is 5.39. The maximum atomic E-state index is 10.1. The lowest BCUT2D eigenvalue weighted by Crippen LogP contribution is -2.21. The second-order valence-corrected chi connectivity index (χ2v) is 8.77. The van der Waals surface area contributed by atoms with Crippen molar-refractivity contribution < 1.29 is 9.47 Å². The molecule has 38 heavy (non-hydrogen) atoms. The van der Waals surface area contributed by atoms with E-state index in [9.17, 15) is 5.26 Å². The minimum atomic E-state index is -0.457. The van der Waals surface area contributed by atoms with E-state index in [2.05, 4.69) is 16.0 Å². The number of hydrogen-bond acceptors (Lipinski definition) is 7. The molecule has 9 heteroatoms. The van der Waals surface area contributed by atoms with Gasteiger partial charge in [0.25, 0.3) is 0 Å². The van der Waals surface area contributed by atoms with Crippen LogP contribution in [0.2, 0.25) is 0 Å². The van der Waals surface area contributed by atoms with Crippen molar-refractivity contribution in [2.75, 3.05) is 7.11 Å². The molecule has 186 valence electrons. The molecular weight excluding hydrogens is 478 g/mol. The number of pyridine rings is 1. The number of nitrogens with two attached hydrogens (primary N) is 1. The molecule has 5 aromatic rings. The average Bonchev–Trinajstić information content (AvgIpc) is 3.58. The number of nitriles is 1. The smallest absolute Gasteiger partial charge is 0.224 e. The van der Waals surface area contributed by atoms with Crippen LogP contribution in [0.5, 0.6) is 11.6 Å². The zero-order valence-electron chi connectivity index (χ0n) is 20.7. The minimum absolute atomic E-state index is 0.0744. The molecule has 1 atom stereocenters. The normalized spacial score (nSPS) is 14.5. The Balaban J connectivity index is 1.45. The molecule has 0 saturated heterocycles. The second kappa shape index (κ2) is 9.26. The Hall–Kier alpha value is -5.36. The predicted octanol–water partition coefficient (Wildman–Crippen LogP) is 4.56. The number of ether oxygens (including phenoxy) is 2. The molecule has 3 aromatic heterocycles. The summed E-state index contributed by atoms with van der Waals surface area (Å²) in [5, 5.41) is 14.8. The Kier molecular flexibility index (Phi) is 5.62. The molecular formula is C29H23N7O2. The van der Waals surface area contributed by atoms with Gasteiger partial charge in [-0.15, -0.1) is 0 Å². The standard InChI is InChI=1S/C29H23N7O2/c1-35-29-25(26(34-35)19-8-12-21(37-2)13-9-19)24(22(17-30)27(31)38-29)18-6-10-20(11-7-18)36-16-15-33-28(36)23-5-3-4-14-32-23/h3-16,24H,31H2,1-2H3. The number of hydrogen-bond donors (Lipinski definition) is 1. The van der Waals surface area contributed by atoms with E-state index in [1.54, 1.807) is 31.2 Å². The summed E-state index contributed by atoms with van der Waals surface area (Å²) in [4.78, 5) is 8.93. The van der Waals surface area contributed by atoms with Crippen LogP contribution in [0.4, 0.5) is 0 Å². The van der Waals surface area contributed by atoms with Crippen molar-refractivity contribution in [3.63, 3.8) is 0 Å². The van der Waals surface area contributed by atoms with Crippen LogP contribution in [0, 0.1) is 11.3 Å². The average molecular weight is 502 g/mol. The third-order valence-corrected chi connectivity index (χ3v) is 6.60. The Morgan fingerprint density at radius 3 is 2.47 bits per heavy atom. The van der Waals surface area contributed by atoms with Crippen LogP contribution in [-0.2, 0) is 7.05 Å². The molecule has 9 nitrogen and oxygen atoms in total. The van der Waals surface area contributed by atoms with Crippen LogP contribution in [0.15, 0.2) is 96.8 Å². The second-order valence-electron chi connectivity index (χ2n) is 8.77. The predicted molar refractivity (Wildman–Crippen MR) is 141 cm³/mol. The topological polar surface area (TPSA) is 117 Å². The Morgan fingerprint density at radius 2 is 1.79 bits per heavy atom. The molecule has 6 rings (SSSR count). The maximum Gasteiger partial charge on any atom is 0.224 e. The van der Waals surface area contributed by atoms with Gasteiger partial charge in [-0.25, -0.2) is 9.67 Å². The quantitative estimate of drug-likeness (QED) is 0.375. The molecule has 2 N–H and O–H groups in total. The van der Waals surface area contributed by atoms with Crippen molar-refractivity contribution in [1.29, 1.82) is 5.26 Å². The van der Waals surface area contributed by atoms with Gasteiger partial charge < -0.3 is 15.2 Å². The number of benzene rings is 2. The van der Waals surface area contributed by atoms with Crippen LogP contribution >= 0.6 is 0 Å². The Bertz CT molecular complexity index is 1690. The van der Waals surface area contributed by atoms with Crippen molar-refractivity contribution in [2.45, 2.75) is 5.92 Å². The SMILES string of the molecule is COc1ccc(-c2nn(C)c3c2C(c2ccc(-n4ccnc4-c4ccccn4)cc2)C(C#N)=C(N)O3)cc1. The fourth-order valence-electron chi connectivity index (χ4n) is 4.79. The first-order valence-electron chi connectivity index (χ1n) is 11.9. The molecule has 0 aliphatic carbocycles. The number of methoxy groups -OCH3 is 1. The van der Waals surface area contributed by atoms with Crippen molar-refractivity contribution in [2.24, 2.45) is 12.8 Å². The number of aromatic nitrogens is 5. The van der Waals surface area contributed by atoms with Gasteiger partial charge in [-0.1, -0.05) is 18.2 Å². The zero-order valence-corrected chi connectivity index (χ0v) is 20.7. The first kappa shape index (κ1) is 23.1. The zero-order chi connectivity index (χ0) is 26.2. The molecule has 1 aliphatic rings. The van der Waals surface area contributed by atoms with Gasteiger partial charge in [0, 0.05) is 36.9 Å². The van der Waals surface area contributed by atoms with Crippen molar-refractivity contribution in [3.8, 4) is 46.2 Å². The highest BCUT2D eigenvalue weighted by Crippen LogP contribution is 2.46. The van der Waals surface area contributed by atoms with E-state index in [0.717, 1.165) is 39.6 Å². The summed E-state index contributed by atoms with van der Waals surface area (Å²) >= 11 is 0. The number of aryl methyl sites for hydroxylation is 1. The summed E-state index contributed by atoms with van der Waals surface area (Å²) in [6, 6.07) is 23.6. The largest absolute Gasteiger partial charge is 0.497 e. The van der Waals surface area contributed by atoms with Gasteiger partial charge in [0.2, 0.25) is 11.8 Å². The van der Waals surface area contributed by atoms with Crippen LogP contribution in [0.1, 0.15) is 17.0 Å². The maximum absolute atomic E-state index is 10.1. The number of fused-ring (bicyclic) bond motifs is 1. The number of imidazole rings is 1. The summed E-state index contributed by atoms with van der Waals surface area (Å²) < 4.78 is 14.8. The molecule has 1 unspecified atom stereocenters. The summed E-state index contributed by atoms with van der Waals surface area (Å²) in [5.74, 6) is 1.61. The van der Waals surface area contributed by atoms with Crippen LogP contribution < -0.4 is 15.2 Å². The molecule has 2 aromatic carbocycles. The third kappa shape index (κ3) is 3.76. The molecule has 0 spiro atoms. The van der Waals surface area contributed by atoms with E-state index in [1.165, 1.54) is 0 Å². The van der Waals surface area contributed by atoms with Crippen LogP contribution in [0.25, 0.3) is 28.5 Å². The van der Waals surface area contributed by atoms with Crippen molar-refractivity contribution in [3.05, 3.63) is 108 Å². The summed E-state index contributed by atoms with van der Waals surface area (Å²) in [5.41, 5.74) is 11.5. The number of rotatable bonds is 5. The first-order valence-corrected chi connectivity index (χ1v) is 11.9. The molecule has 0 saturated carbocycles. The highest BCUT2D eigenvalue weighted by Gasteiger charge is 2.36. The fourth-order valence-corrected chi connectivity index (χ4v) is 4.79. The van der Waals surface area contributed by atoms with E-state index in [0.29, 0.717) is 17.1 Å². The molecule has 0 fully saturated rings. The van der Waals surface area contributed by atoms with Crippen molar-refractivity contribution in [1.82, 2.24) is 24.3 Å². The van der Waals surface area contributed by atoms with Gasteiger partial charge in [-0.05, 0) is 54.1 Å². The summed E-state index contributed by atoms with van der Waals surface area (Å²) in [7, 11) is 3.43. The van der Waals surface area contributed by atoms with Gasteiger partial charge >= 0.3 is 0 Å². The van der Waals surface area contributed by atoms with Gasteiger partial charge in [0.15, 0.2) is 5.82 Å². The molecule has 1 aliphatic heterocycles. The van der Waals surface area contributed by atoms with E-state index >= 15 is 0 Å². The first-order chi connectivity index (χ1) is 18.6. The molecule has 0 bridgehead atoms. The van der Waals surface area contributed by atoms with Crippen LogP contribution in [-0.4, -0.2) is 31.4 Å². The van der Waals surface area contributed by atoms with Crippen molar-refractivity contribution >= 4 is 0 Å². The highest BCUT2D eigenvalue weighted by atomic mass is 16.5.